The zero-order chi connectivity index (χ0) is 18.8. The SMILES string of the molecule is COc1ccc(-c2cn3c(CC(=O)Nc4ccc(Br)cc4)csc3n2)cc1. The van der Waals surface area contributed by atoms with Crippen molar-refractivity contribution in [3.63, 3.8) is 0 Å². The Morgan fingerprint density at radius 2 is 1.93 bits per heavy atom. The zero-order valence-electron chi connectivity index (χ0n) is 14.5. The summed E-state index contributed by atoms with van der Waals surface area (Å²) in [7, 11) is 1.65. The van der Waals surface area contributed by atoms with E-state index in [0.29, 0.717) is 0 Å². The van der Waals surface area contributed by atoms with Gasteiger partial charge in [0.2, 0.25) is 5.91 Å². The fourth-order valence-electron chi connectivity index (χ4n) is 2.76. The number of methoxy groups -OCH3 is 1. The molecule has 1 amide bonds. The number of thiazole rings is 1. The summed E-state index contributed by atoms with van der Waals surface area (Å²) < 4.78 is 8.15. The normalized spacial score (nSPS) is 10.9. The molecule has 0 spiro atoms. The van der Waals surface area contributed by atoms with Gasteiger partial charge in [0.05, 0.1) is 19.2 Å². The largest absolute Gasteiger partial charge is 0.497 e. The minimum absolute atomic E-state index is 0.0586. The Morgan fingerprint density at radius 1 is 1.19 bits per heavy atom. The highest BCUT2D eigenvalue weighted by Gasteiger charge is 2.13. The molecule has 0 unspecified atom stereocenters. The number of benzene rings is 2. The summed E-state index contributed by atoms with van der Waals surface area (Å²) in [6.07, 6.45) is 2.25. The number of anilines is 1. The molecular formula is C20H16BrN3O2S. The number of ether oxygens (including phenoxy) is 1. The molecule has 2 heterocycles. The number of hydrogen-bond donors (Lipinski definition) is 1. The number of carbonyl (C=O) groups is 1. The maximum atomic E-state index is 12.4. The summed E-state index contributed by atoms with van der Waals surface area (Å²) in [5.74, 6) is 0.752. The van der Waals surface area contributed by atoms with Crippen LogP contribution in [0.15, 0.2) is 64.6 Å². The Balaban J connectivity index is 1.53. The zero-order valence-corrected chi connectivity index (χ0v) is 16.9. The number of aromatic nitrogens is 2. The number of amides is 1. The van der Waals surface area contributed by atoms with E-state index >= 15 is 0 Å². The third-order valence-electron chi connectivity index (χ3n) is 4.14. The number of carbonyl (C=O) groups excluding carboxylic acids is 1. The lowest BCUT2D eigenvalue weighted by Gasteiger charge is -2.05. The van der Waals surface area contributed by atoms with E-state index in [9.17, 15) is 4.79 Å². The summed E-state index contributed by atoms with van der Waals surface area (Å²) in [5, 5.41) is 4.89. The van der Waals surface area contributed by atoms with Crippen LogP contribution >= 0.6 is 27.3 Å². The first-order chi connectivity index (χ1) is 13.1. The van der Waals surface area contributed by atoms with Crippen molar-refractivity contribution in [2.75, 3.05) is 12.4 Å². The summed E-state index contributed by atoms with van der Waals surface area (Å²) in [4.78, 5) is 17.9. The second-order valence-electron chi connectivity index (χ2n) is 5.97. The summed E-state index contributed by atoms with van der Waals surface area (Å²) in [5.41, 5.74) is 3.58. The van der Waals surface area contributed by atoms with E-state index in [4.69, 9.17) is 4.74 Å². The van der Waals surface area contributed by atoms with Crippen molar-refractivity contribution in [3.05, 3.63) is 70.3 Å². The average Bonchev–Trinajstić information content (AvgIpc) is 3.26. The van der Waals surface area contributed by atoms with Gasteiger partial charge in [0.25, 0.3) is 0 Å². The van der Waals surface area contributed by atoms with Crippen LogP contribution in [0.2, 0.25) is 0 Å². The van der Waals surface area contributed by atoms with Crippen molar-refractivity contribution in [2.24, 2.45) is 0 Å². The monoisotopic (exact) mass is 441 g/mol. The first kappa shape index (κ1) is 17.8. The van der Waals surface area contributed by atoms with E-state index in [1.54, 1.807) is 7.11 Å². The lowest BCUT2D eigenvalue weighted by Crippen LogP contribution is -2.15. The van der Waals surface area contributed by atoms with Gasteiger partial charge in [0, 0.05) is 33.0 Å². The second-order valence-corrected chi connectivity index (χ2v) is 7.72. The summed E-state index contributed by atoms with van der Waals surface area (Å²) >= 11 is 4.92. The second kappa shape index (κ2) is 7.54. The molecule has 2 aromatic carbocycles. The molecule has 0 aliphatic heterocycles. The molecule has 1 N–H and O–H groups in total. The van der Waals surface area contributed by atoms with Gasteiger partial charge in [-0.25, -0.2) is 4.98 Å². The van der Waals surface area contributed by atoms with Crippen LogP contribution in [0.1, 0.15) is 5.69 Å². The van der Waals surface area contributed by atoms with Crippen LogP contribution in [0, 0.1) is 0 Å². The number of hydrogen-bond acceptors (Lipinski definition) is 4. The summed E-state index contributed by atoms with van der Waals surface area (Å²) in [6, 6.07) is 15.3. The molecule has 7 heteroatoms. The highest BCUT2D eigenvalue weighted by Crippen LogP contribution is 2.25. The van der Waals surface area contributed by atoms with Crippen LogP contribution in [-0.2, 0) is 11.2 Å². The molecule has 0 saturated carbocycles. The van der Waals surface area contributed by atoms with Crippen molar-refractivity contribution >= 4 is 43.8 Å². The number of rotatable bonds is 5. The van der Waals surface area contributed by atoms with E-state index in [1.165, 1.54) is 11.3 Å². The van der Waals surface area contributed by atoms with Crippen LogP contribution < -0.4 is 10.1 Å². The Bertz CT molecular complexity index is 1080. The van der Waals surface area contributed by atoms with Crippen molar-refractivity contribution < 1.29 is 9.53 Å². The van der Waals surface area contributed by atoms with Crippen molar-refractivity contribution in [1.29, 1.82) is 0 Å². The average molecular weight is 442 g/mol. The molecule has 27 heavy (non-hydrogen) atoms. The smallest absolute Gasteiger partial charge is 0.230 e. The lowest BCUT2D eigenvalue weighted by atomic mass is 10.2. The lowest BCUT2D eigenvalue weighted by molar-refractivity contribution is -0.115. The first-order valence-electron chi connectivity index (χ1n) is 8.28. The van der Waals surface area contributed by atoms with Gasteiger partial charge in [-0.2, -0.15) is 0 Å². The van der Waals surface area contributed by atoms with E-state index in [0.717, 1.165) is 37.8 Å². The van der Waals surface area contributed by atoms with Gasteiger partial charge in [-0.15, -0.1) is 11.3 Å². The topological polar surface area (TPSA) is 55.6 Å². The quantitative estimate of drug-likeness (QED) is 0.473. The molecule has 0 aliphatic carbocycles. The fraction of sp³-hybridized carbons (Fsp3) is 0.100. The van der Waals surface area contributed by atoms with Crippen LogP contribution in [0.4, 0.5) is 5.69 Å². The Hall–Kier alpha value is -2.64. The maximum Gasteiger partial charge on any atom is 0.230 e. The van der Waals surface area contributed by atoms with Gasteiger partial charge < -0.3 is 10.1 Å². The number of halogens is 1. The molecule has 0 aliphatic rings. The minimum atomic E-state index is -0.0586. The number of nitrogens with zero attached hydrogens (tertiary/aromatic N) is 2. The van der Waals surface area contributed by atoms with Gasteiger partial charge >= 0.3 is 0 Å². The molecular weight excluding hydrogens is 426 g/mol. The molecule has 0 saturated heterocycles. The number of fused-ring (bicyclic) bond motifs is 1. The van der Waals surface area contributed by atoms with Gasteiger partial charge in [-0.05, 0) is 48.5 Å². The minimum Gasteiger partial charge on any atom is -0.497 e. The van der Waals surface area contributed by atoms with Crippen molar-refractivity contribution in [1.82, 2.24) is 9.38 Å². The van der Waals surface area contributed by atoms with Crippen molar-refractivity contribution in [3.8, 4) is 17.0 Å². The maximum absolute atomic E-state index is 12.4. The molecule has 2 aromatic heterocycles. The predicted octanol–water partition coefficient (Wildman–Crippen LogP) is 5.02. The Morgan fingerprint density at radius 3 is 2.63 bits per heavy atom. The van der Waals surface area contributed by atoms with E-state index in [2.05, 4.69) is 26.2 Å². The van der Waals surface area contributed by atoms with E-state index in [-0.39, 0.29) is 12.3 Å². The first-order valence-corrected chi connectivity index (χ1v) is 9.95. The third kappa shape index (κ3) is 3.89. The summed E-state index contributed by atoms with van der Waals surface area (Å²) in [6.45, 7) is 0. The molecule has 0 bridgehead atoms. The van der Waals surface area contributed by atoms with Gasteiger partial charge in [0.1, 0.15) is 5.75 Å². The number of imidazole rings is 1. The highest BCUT2D eigenvalue weighted by molar-refractivity contribution is 9.10. The van der Waals surface area contributed by atoms with E-state index in [1.807, 2.05) is 64.5 Å². The molecule has 0 atom stereocenters. The molecule has 0 radical (unpaired) electrons. The van der Waals surface area contributed by atoms with Gasteiger partial charge in [-0.1, -0.05) is 15.9 Å². The van der Waals surface area contributed by atoms with Crippen LogP contribution in [0.3, 0.4) is 0 Å². The van der Waals surface area contributed by atoms with Gasteiger partial charge in [0.15, 0.2) is 4.96 Å². The predicted molar refractivity (Wildman–Crippen MR) is 112 cm³/mol. The Kier molecular flexibility index (Phi) is 4.96. The standard InChI is InChI=1S/C20H16BrN3O2S/c1-26-17-8-2-13(3-9-17)18-11-24-16(12-27-20(24)23-18)10-19(25)22-15-6-4-14(21)5-7-15/h2-9,11-12H,10H2,1H3,(H,22,25). The van der Waals surface area contributed by atoms with Gasteiger partial charge in [-0.3, -0.25) is 9.20 Å². The third-order valence-corrected chi connectivity index (χ3v) is 5.56. The molecule has 4 aromatic rings. The molecule has 0 fully saturated rings. The highest BCUT2D eigenvalue weighted by atomic mass is 79.9. The van der Waals surface area contributed by atoms with Crippen molar-refractivity contribution in [2.45, 2.75) is 6.42 Å². The molecule has 136 valence electrons. The van der Waals surface area contributed by atoms with Crippen LogP contribution in [0.25, 0.3) is 16.2 Å². The molecule has 5 nitrogen and oxygen atoms in total. The Labute approximate surface area is 168 Å². The molecule has 4 rings (SSSR count). The fourth-order valence-corrected chi connectivity index (χ4v) is 3.90. The van der Waals surface area contributed by atoms with Crippen LogP contribution in [-0.4, -0.2) is 22.4 Å². The van der Waals surface area contributed by atoms with Crippen LogP contribution in [0.5, 0.6) is 5.75 Å². The van der Waals surface area contributed by atoms with E-state index < -0.39 is 0 Å². The number of nitrogens with one attached hydrogen (secondary N) is 1.